The van der Waals surface area contributed by atoms with Crippen LogP contribution in [0.15, 0.2) is 12.4 Å². The first-order valence-corrected chi connectivity index (χ1v) is 7.56. The Hall–Kier alpha value is -1.45. The minimum absolute atomic E-state index is 0.0559. The van der Waals surface area contributed by atoms with E-state index < -0.39 is 5.97 Å². The van der Waals surface area contributed by atoms with Gasteiger partial charge in [0.15, 0.2) is 0 Å². The van der Waals surface area contributed by atoms with E-state index in [1.165, 1.54) is 32.1 Å². The number of aromatic nitrogens is 2. The second-order valence-corrected chi connectivity index (χ2v) is 6.82. The lowest BCUT2D eigenvalue weighted by Crippen LogP contribution is -2.09. The van der Waals surface area contributed by atoms with Gasteiger partial charge in [-0.2, -0.15) is 0 Å². The Morgan fingerprint density at radius 3 is 2.30 bits per heavy atom. The summed E-state index contributed by atoms with van der Waals surface area (Å²) in [5.74, 6) is 0.488. The van der Waals surface area contributed by atoms with E-state index in [1.807, 2.05) is 26.2 Å². The molecule has 2 fully saturated rings. The molecule has 0 amide bonds. The maximum Gasteiger partial charge on any atom is 0.307 e. The van der Waals surface area contributed by atoms with Gasteiger partial charge >= 0.3 is 5.97 Å². The maximum atomic E-state index is 11.2. The normalized spacial score (nSPS) is 29.1. The summed E-state index contributed by atoms with van der Waals surface area (Å²) in [5, 5.41) is 9.24. The zero-order chi connectivity index (χ0) is 14.3. The third-order valence-electron chi connectivity index (χ3n) is 5.11. The minimum Gasteiger partial charge on any atom is -0.481 e. The molecule has 3 rings (SSSR count). The van der Waals surface area contributed by atoms with Gasteiger partial charge in [-0.1, -0.05) is 33.1 Å². The summed E-state index contributed by atoms with van der Waals surface area (Å²) in [5.41, 5.74) is 0.795. The van der Waals surface area contributed by atoms with Gasteiger partial charge in [0.05, 0.1) is 5.92 Å². The lowest BCUT2D eigenvalue weighted by Gasteiger charge is -2.20. The average Bonchev–Trinajstić information content (AvgIpc) is 3.03. The predicted octanol–water partition coefficient (Wildman–Crippen LogP) is 3.35. The van der Waals surface area contributed by atoms with Gasteiger partial charge in [0.1, 0.15) is 5.82 Å². The van der Waals surface area contributed by atoms with Gasteiger partial charge < -0.3 is 5.11 Å². The van der Waals surface area contributed by atoms with Crippen LogP contribution >= 0.6 is 0 Å². The molecule has 0 saturated heterocycles. The van der Waals surface area contributed by atoms with E-state index in [-0.39, 0.29) is 17.3 Å². The summed E-state index contributed by atoms with van der Waals surface area (Å²) in [7, 11) is 0. The molecule has 1 N–H and O–H groups in total. The molecule has 0 radical (unpaired) electrons. The van der Waals surface area contributed by atoms with Crippen molar-refractivity contribution >= 4 is 5.97 Å². The van der Waals surface area contributed by atoms with Crippen LogP contribution in [0.2, 0.25) is 0 Å². The predicted molar refractivity (Wildman–Crippen MR) is 75.5 cm³/mol. The van der Waals surface area contributed by atoms with Crippen LogP contribution < -0.4 is 0 Å². The number of hydrogen-bond acceptors (Lipinski definition) is 3. The third-order valence-corrected chi connectivity index (χ3v) is 5.11. The molecule has 2 aliphatic rings. The van der Waals surface area contributed by atoms with Gasteiger partial charge in [-0.25, -0.2) is 9.97 Å². The highest BCUT2D eigenvalue weighted by molar-refractivity contribution is 5.77. The topological polar surface area (TPSA) is 63.1 Å². The second kappa shape index (κ2) is 4.83. The Morgan fingerprint density at radius 1 is 1.20 bits per heavy atom. The zero-order valence-electron chi connectivity index (χ0n) is 12.2. The van der Waals surface area contributed by atoms with Crippen molar-refractivity contribution in [2.24, 2.45) is 11.3 Å². The summed E-state index contributed by atoms with van der Waals surface area (Å²) >= 11 is 0. The second-order valence-electron chi connectivity index (χ2n) is 6.82. The largest absolute Gasteiger partial charge is 0.481 e. The van der Waals surface area contributed by atoms with E-state index in [9.17, 15) is 9.90 Å². The van der Waals surface area contributed by atoms with Gasteiger partial charge in [-0.15, -0.1) is 0 Å². The molecule has 108 valence electrons. The maximum absolute atomic E-state index is 11.2. The number of hydrogen-bond donors (Lipinski definition) is 1. The number of aliphatic carboxylic acids is 1. The molecule has 0 aliphatic heterocycles. The summed E-state index contributed by atoms with van der Waals surface area (Å²) < 4.78 is 0. The molecule has 1 aromatic rings. The molecule has 0 spiro atoms. The van der Waals surface area contributed by atoms with Crippen molar-refractivity contribution in [3.05, 3.63) is 23.8 Å². The van der Waals surface area contributed by atoms with E-state index in [0.29, 0.717) is 5.92 Å². The molecule has 1 heterocycles. The highest BCUT2D eigenvalue weighted by atomic mass is 16.4. The number of carboxylic acid groups (broad SMARTS) is 1. The van der Waals surface area contributed by atoms with Gasteiger partial charge in [0.25, 0.3) is 0 Å². The fourth-order valence-corrected chi connectivity index (χ4v) is 3.80. The van der Waals surface area contributed by atoms with Crippen LogP contribution in [0.4, 0.5) is 0 Å². The van der Waals surface area contributed by atoms with Gasteiger partial charge in [-0.3, -0.25) is 4.79 Å². The van der Waals surface area contributed by atoms with Gasteiger partial charge in [0.2, 0.25) is 0 Å². The number of carboxylic acids is 1. The first kappa shape index (κ1) is 13.5. The Balaban J connectivity index is 1.75. The van der Waals surface area contributed by atoms with Crippen molar-refractivity contribution in [2.75, 3.05) is 0 Å². The monoisotopic (exact) mass is 274 g/mol. The fourth-order valence-electron chi connectivity index (χ4n) is 3.80. The van der Waals surface area contributed by atoms with Gasteiger partial charge in [0, 0.05) is 24.2 Å². The molecule has 0 aromatic carbocycles. The van der Waals surface area contributed by atoms with Crippen molar-refractivity contribution in [1.29, 1.82) is 0 Å². The lowest BCUT2D eigenvalue weighted by atomic mass is 9.88. The Bertz CT molecular complexity index is 504. The highest BCUT2D eigenvalue weighted by Crippen LogP contribution is 2.64. The molecule has 4 nitrogen and oxygen atoms in total. The van der Waals surface area contributed by atoms with Crippen LogP contribution in [0.1, 0.15) is 69.2 Å². The average molecular weight is 274 g/mol. The standard InChI is InChI=1S/C16H22N2O2/c1-16(2)12(13(16)15(19)20)11-8-17-14(18-9-11)10-6-4-3-5-7-10/h8-10,12-13H,3-7H2,1-2H3,(H,19,20)/t12-,13+/m1/s1. The van der Waals surface area contributed by atoms with E-state index >= 15 is 0 Å². The summed E-state index contributed by atoms with van der Waals surface area (Å²) in [6, 6.07) is 0. The summed E-state index contributed by atoms with van der Waals surface area (Å²) in [4.78, 5) is 20.3. The van der Waals surface area contributed by atoms with E-state index in [1.54, 1.807) is 0 Å². The molecular formula is C16H22N2O2. The third kappa shape index (κ3) is 2.21. The number of nitrogens with zero attached hydrogens (tertiary/aromatic N) is 2. The van der Waals surface area contributed by atoms with Crippen LogP contribution in [-0.4, -0.2) is 21.0 Å². The van der Waals surface area contributed by atoms with Crippen molar-refractivity contribution < 1.29 is 9.90 Å². The molecule has 0 unspecified atom stereocenters. The van der Waals surface area contributed by atoms with E-state index in [2.05, 4.69) is 9.97 Å². The van der Waals surface area contributed by atoms with Crippen LogP contribution in [0.3, 0.4) is 0 Å². The Morgan fingerprint density at radius 2 is 1.80 bits per heavy atom. The summed E-state index contributed by atoms with van der Waals surface area (Å²) in [6.45, 7) is 4.01. The van der Waals surface area contributed by atoms with E-state index in [4.69, 9.17) is 0 Å². The molecule has 1 aromatic heterocycles. The van der Waals surface area contributed by atoms with Crippen LogP contribution in [0.5, 0.6) is 0 Å². The van der Waals surface area contributed by atoms with Crippen LogP contribution in [-0.2, 0) is 4.79 Å². The lowest BCUT2D eigenvalue weighted by molar-refractivity contribution is -0.139. The van der Waals surface area contributed by atoms with Crippen molar-refractivity contribution in [2.45, 2.75) is 57.8 Å². The molecule has 0 bridgehead atoms. The molecular weight excluding hydrogens is 252 g/mol. The first-order valence-electron chi connectivity index (χ1n) is 7.56. The Kier molecular flexibility index (Phi) is 3.27. The van der Waals surface area contributed by atoms with Crippen molar-refractivity contribution in [3.8, 4) is 0 Å². The zero-order valence-corrected chi connectivity index (χ0v) is 12.2. The Labute approximate surface area is 119 Å². The molecule has 2 atom stereocenters. The van der Waals surface area contributed by atoms with Gasteiger partial charge in [-0.05, 0) is 23.8 Å². The number of rotatable bonds is 3. The van der Waals surface area contributed by atoms with Crippen molar-refractivity contribution in [3.63, 3.8) is 0 Å². The number of carbonyl (C=O) groups is 1. The van der Waals surface area contributed by atoms with Crippen LogP contribution in [0.25, 0.3) is 0 Å². The smallest absolute Gasteiger partial charge is 0.307 e. The molecule has 2 saturated carbocycles. The van der Waals surface area contributed by atoms with Crippen LogP contribution in [0, 0.1) is 11.3 Å². The minimum atomic E-state index is -0.712. The summed E-state index contributed by atoms with van der Waals surface area (Å²) in [6.07, 6.45) is 9.95. The highest BCUT2D eigenvalue weighted by Gasteiger charge is 2.62. The first-order chi connectivity index (χ1) is 9.51. The van der Waals surface area contributed by atoms with Crippen molar-refractivity contribution in [1.82, 2.24) is 9.97 Å². The fraction of sp³-hybridized carbons (Fsp3) is 0.688. The molecule has 20 heavy (non-hydrogen) atoms. The quantitative estimate of drug-likeness (QED) is 0.918. The van der Waals surface area contributed by atoms with E-state index in [0.717, 1.165) is 11.4 Å². The molecule has 4 heteroatoms. The molecule has 2 aliphatic carbocycles. The SMILES string of the molecule is CC1(C)[C@H](C(=O)O)[C@H]1c1cnc(C2CCCCC2)nc1.